The number of hydrogen-bond donors (Lipinski definition) is 2. The number of amides is 2. The first-order valence-electron chi connectivity index (χ1n) is 14.3. The third-order valence-corrected chi connectivity index (χ3v) is 8.61. The molecule has 4 aromatic rings. The van der Waals surface area contributed by atoms with Crippen LogP contribution < -0.4 is 5.56 Å². The van der Waals surface area contributed by atoms with Gasteiger partial charge in [0.15, 0.2) is 0 Å². The summed E-state index contributed by atoms with van der Waals surface area (Å²) in [5.74, 6) is -0.523. The number of benzene rings is 2. The number of fused-ring (bicyclic) bond motifs is 4. The van der Waals surface area contributed by atoms with Gasteiger partial charge < -0.3 is 14.8 Å². The predicted molar refractivity (Wildman–Crippen MR) is 159 cm³/mol. The van der Waals surface area contributed by atoms with E-state index in [0.717, 1.165) is 33.1 Å². The standard InChI is InChI=1S/C31H35ClN6O3/c1-31(2,3)17-38-16-22-19(13-23(32)28-21(22)15-33-36-28)12-20(30(38)41)14-26(39)37-10-8-18(9-11-37)27-29(40)35-25-7-5-4-6-24(25)34-27/h4-7,13,15,18,20H,8-12,14,16-17H2,1-3H3,(H,33,36)(H,35,40)/t20-/m0/s1. The van der Waals surface area contributed by atoms with Crippen LogP contribution >= 0.6 is 11.6 Å². The van der Waals surface area contributed by atoms with Gasteiger partial charge in [0.25, 0.3) is 5.56 Å². The van der Waals surface area contributed by atoms with Gasteiger partial charge in [-0.25, -0.2) is 4.98 Å². The maximum atomic E-state index is 13.9. The van der Waals surface area contributed by atoms with Gasteiger partial charge in [-0.2, -0.15) is 5.10 Å². The molecule has 4 heterocycles. The average molecular weight is 575 g/mol. The Morgan fingerprint density at radius 3 is 2.66 bits per heavy atom. The first-order valence-corrected chi connectivity index (χ1v) is 14.6. The molecule has 9 nitrogen and oxygen atoms in total. The molecule has 1 atom stereocenters. The van der Waals surface area contributed by atoms with E-state index in [0.29, 0.717) is 56.2 Å². The van der Waals surface area contributed by atoms with Gasteiger partial charge in [0.05, 0.1) is 33.7 Å². The maximum Gasteiger partial charge on any atom is 0.270 e. The lowest BCUT2D eigenvalue weighted by Crippen LogP contribution is -2.43. The molecular weight excluding hydrogens is 540 g/mol. The summed E-state index contributed by atoms with van der Waals surface area (Å²) in [5.41, 5.74) is 4.55. The van der Waals surface area contributed by atoms with E-state index >= 15 is 0 Å². The highest BCUT2D eigenvalue weighted by Crippen LogP contribution is 2.35. The molecule has 2 aliphatic heterocycles. The number of carbonyl (C=O) groups is 2. The Bertz CT molecular complexity index is 1700. The summed E-state index contributed by atoms with van der Waals surface area (Å²) in [4.78, 5) is 51.6. The summed E-state index contributed by atoms with van der Waals surface area (Å²) < 4.78 is 0. The number of nitrogens with zero attached hydrogens (tertiary/aromatic N) is 4. The van der Waals surface area contributed by atoms with Crippen LogP contribution in [0, 0.1) is 11.3 Å². The fourth-order valence-electron chi connectivity index (χ4n) is 6.36. The molecule has 2 N–H and O–H groups in total. The minimum Gasteiger partial charge on any atom is -0.343 e. The molecule has 0 bridgehead atoms. The van der Waals surface area contributed by atoms with E-state index in [2.05, 4.69) is 40.9 Å². The molecule has 0 radical (unpaired) electrons. The molecule has 10 heteroatoms. The van der Waals surface area contributed by atoms with Crippen LogP contribution in [0.3, 0.4) is 0 Å². The highest BCUT2D eigenvalue weighted by Gasteiger charge is 2.36. The minimum absolute atomic E-state index is 0.000902. The Hall–Kier alpha value is -3.72. The minimum atomic E-state index is -0.478. The molecule has 214 valence electrons. The zero-order valence-corrected chi connectivity index (χ0v) is 24.4. The fraction of sp³-hybridized carbons (Fsp3) is 0.452. The Labute approximate surface area is 243 Å². The van der Waals surface area contributed by atoms with Crippen molar-refractivity contribution in [3.05, 3.63) is 68.7 Å². The second kappa shape index (κ2) is 10.6. The van der Waals surface area contributed by atoms with Crippen LogP contribution in [0.5, 0.6) is 0 Å². The van der Waals surface area contributed by atoms with E-state index in [9.17, 15) is 14.4 Å². The molecule has 0 unspecified atom stereocenters. The number of aromatic amines is 2. The lowest BCUT2D eigenvalue weighted by Gasteiger charge is -2.33. The van der Waals surface area contributed by atoms with Crippen molar-refractivity contribution in [3.63, 3.8) is 0 Å². The van der Waals surface area contributed by atoms with Gasteiger partial charge in [-0.15, -0.1) is 0 Å². The van der Waals surface area contributed by atoms with Gasteiger partial charge in [-0.1, -0.05) is 44.5 Å². The number of para-hydroxylation sites is 2. The van der Waals surface area contributed by atoms with Gasteiger partial charge in [-0.05, 0) is 54.0 Å². The van der Waals surface area contributed by atoms with Gasteiger partial charge in [0, 0.05) is 43.9 Å². The molecule has 2 aromatic carbocycles. The van der Waals surface area contributed by atoms with Crippen molar-refractivity contribution < 1.29 is 9.59 Å². The Kier molecular flexibility index (Phi) is 7.09. The molecule has 1 saturated heterocycles. The van der Waals surface area contributed by atoms with Crippen molar-refractivity contribution in [3.8, 4) is 0 Å². The molecule has 0 saturated carbocycles. The van der Waals surface area contributed by atoms with E-state index in [1.54, 1.807) is 6.20 Å². The molecule has 2 aliphatic rings. The van der Waals surface area contributed by atoms with Crippen molar-refractivity contribution in [1.29, 1.82) is 0 Å². The second-order valence-electron chi connectivity index (χ2n) is 12.6. The summed E-state index contributed by atoms with van der Waals surface area (Å²) in [6.45, 7) is 8.44. The first-order chi connectivity index (χ1) is 19.6. The van der Waals surface area contributed by atoms with Crippen LogP contribution in [-0.4, -0.2) is 61.4 Å². The molecule has 1 fully saturated rings. The molecular formula is C31H35ClN6O3. The number of aromatic nitrogens is 4. The topological polar surface area (TPSA) is 115 Å². The summed E-state index contributed by atoms with van der Waals surface area (Å²) >= 11 is 6.58. The van der Waals surface area contributed by atoms with Gasteiger partial charge in [0.2, 0.25) is 11.8 Å². The molecule has 0 spiro atoms. The van der Waals surface area contributed by atoms with Crippen molar-refractivity contribution in [2.24, 2.45) is 11.3 Å². The van der Waals surface area contributed by atoms with E-state index < -0.39 is 5.92 Å². The third-order valence-electron chi connectivity index (χ3n) is 8.31. The number of hydrogen-bond acceptors (Lipinski definition) is 5. The van der Waals surface area contributed by atoms with E-state index in [1.807, 2.05) is 40.1 Å². The number of rotatable bonds is 4. The number of halogens is 1. The largest absolute Gasteiger partial charge is 0.343 e. The SMILES string of the molecule is CC(C)(C)CN1Cc2c(cc(Cl)c3[nH]ncc23)C[C@@H](CC(=O)N2CCC(c3nc4ccccc4[nH]c3=O)CC2)C1=O. The maximum absolute atomic E-state index is 13.9. The number of likely N-dealkylation sites (tertiary alicyclic amines) is 1. The molecule has 41 heavy (non-hydrogen) atoms. The Morgan fingerprint density at radius 1 is 1.15 bits per heavy atom. The van der Waals surface area contributed by atoms with Gasteiger partial charge in [0.1, 0.15) is 5.69 Å². The second-order valence-corrected chi connectivity index (χ2v) is 13.0. The van der Waals surface area contributed by atoms with Crippen LogP contribution in [0.1, 0.15) is 62.8 Å². The average Bonchev–Trinajstić information content (AvgIpc) is 3.39. The quantitative estimate of drug-likeness (QED) is 0.363. The van der Waals surface area contributed by atoms with Crippen molar-refractivity contribution >= 4 is 45.4 Å². The van der Waals surface area contributed by atoms with Crippen LogP contribution in [0.4, 0.5) is 0 Å². The van der Waals surface area contributed by atoms with E-state index in [-0.39, 0.29) is 35.1 Å². The van der Waals surface area contributed by atoms with Crippen LogP contribution in [0.15, 0.2) is 41.3 Å². The molecule has 0 aliphatic carbocycles. The van der Waals surface area contributed by atoms with Crippen LogP contribution in [0.2, 0.25) is 5.02 Å². The highest BCUT2D eigenvalue weighted by atomic mass is 35.5. The van der Waals surface area contributed by atoms with Crippen LogP contribution in [-0.2, 0) is 22.6 Å². The molecule has 2 amide bonds. The zero-order valence-electron chi connectivity index (χ0n) is 23.7. The Morgan fingerprint density at radius 2 is 1.90 bits per heavy atom. The number of H-pyrrole nitrogens is 2. The first kappa shape index (κ1) is 27.4. The normalized spacial score (nSPS) is 18.6. The summed E-state index contributed by atoms with van der Waals surface area (Å²) in [6, 6.07) is 9.43. The molecule has 6 rings (SSSR count). The fourth-order valence-corrected chi connectivity index (χ4v) is 6.64. The Balaban J connectivity index is 1.20. The zero-order chi connectivity index (χ0) is 28.9. The smallest absolute Gasteiger partial charge is 0.270 e. The third kappa shape index (κ3) is 5.47. The van der Waals surface area contributed by atoms with Crippen molar-refractivity contribution in [2.45, 2.75) is 58.9 Å². The predicted octanol–water partition coefficient (Wildman–Crippen LogP) is 4.80. The van der Waals surface area contributed by atoms with Gasteiger partial charge in [-0.3, -0.25) is 19.5 Å². The van der Waals surface area contributed by atoms with E-state index in [4.69, 9.17) is 11.6 Å². The van der Waals surface area contributed by atoms with Crippen LogP contribution in [0.25, 0.3) is 21.9 Å². The lowest BCUT2D eigenvalue weighted by molar-refractivity contribution is -0.142. The summed E-state index contributed by atoms with van der Waals surface area (Å²) in [6.07, 6.45) is 3.68. The lowest BCUT2D eigenvalue weighted by atomic mass is 9.90. The van der Waals surface area contributed by atoms with Crippen molar-refractivity contribution in [1.82, 2.24) is 30.0 Å². The number of nitrogens with one attached hydrogen (secondary N) is 2. The summed E-state index contributed by atoms with van der Waals surface area (Å²) in [5, 5.41) is 8.66. The number of piperidine rings is 1. The van der Waals surface area contributed by atoms with E-state index in [1.165, 1.54) is 0 Å². The van der Waals surface area contributed by atoms with Crippen molar-refractivity contribution in [2.75, 3.05) is 19.6 Å². The number of carbonyl (C=O) groups excluding carboxylic acids is 2. The monoisotopic (exact) mass is 574 g/mol. The summed E-state index contributed by atoms with van der Waals surface area (Å²) in [7, 11) is 0. The van der Waals surface area contributed by atoms with Gasteiger partial charge >= 0.3 is 0 Å². The molecule has 2 aromatic heterocycles. The highest BCUT2D eigenvalue weighted by molar-refractivity contribution is 6.35.